The number of carbonyl (C=O) groups excluding carboxylic acids is 1. The second-order valence-electron chi connectivity index (χ2n) is 6.34. The number of aromatic amines is 1. The average molecular weight is 384 g/mol. The van der Waals surface area contributed by atoms with Gasteiger partial charge in [-0.05, 0) is 49.6 Å². The van der Waals surface area contributed by atoms with Gasteiger partial charge in [-0.25, -0.2) is 13.1 Å². The van der Waals surface area contributed by atoms with Gasteiger partial charge in [0.1, 0.15) is 0 Å². The number of rotatable bonds is 5. The maximum atomic E-state index is 12.9. The molecule has 0 aliphatic rings. The van der Waals surface area contributed by atoms with Crippen LogP contribution in [0.15, 0.2) is 47.9 Å². The number of amides is 1. The van der Waals surface area contributed by atoms with Crippen molar-refractivity contribution in [2.24, 2.45) is 0 Å². The fourth-order valence-corrected chi connectivity index (χ4v) is 3.98. The first kappa shape index (κ1) is 18.8. The maximum Gasteiger partial charge on any atom is 0.266 e. The van der Waals surface area contributed by atoms with Crippen molar-refractivity contribution in [1.82, 2.24) is 19.7 Å². The molecule has 0 aliphatic carbocycles. The minimum Gasteiger partial charge on any atom is -0.367 e. The van der Waals surface area contributed by atoms with E-state index in [9.17, 15) is 13.2 Å². The Morgan fingerprint density at radius 2 is 1.89 bits per heavy atom. The SMILES string of the molecule is Cc1cnc(Cc2c(S(=O)(=O)NC(=O)c3cc[nH]c3)ccc(C)c2C)cn1. The molecular weight excluding hydrogens is 364 g/mol. The van der Waals surface area contributed by atoms with E-state index < -0.39 is 15.9 Å². The molecule has 27 heavy (non-hydrogen) atoms. The Morgan fingerprint density at radius 3 is 2.52 bits per heavy atom. The molecule has 0 bridgehead atoms. The van der Waals surface area contributed by atoms with E-state index in [0.29, 0.717) is 17.7 Å². The molecule has 0 saturated heterocycles. The van der Waals surface area contributed by atoms with Gasteiger partial charge in [0, 0.05) is 31.2 Å². The van der Waals surface area contributed by atoms with Crippen molar-refractivity contribution in [1.29, 1.82) is 0 Å². The first-order valence-electron chi connectivity index (χ1n) is 8.34. The number of aryl methyl sites for hydroxylation is 2. The number of sulfonamides is 1. The third-order valence-electron chi connectivity index (χ3n) is 4.40. The summed E-state index contributed by atoms with van der Waals surface area (Å²) in [6, 6.07) is 4.76. The molecule has 7 nitrogen and oxygen atoms in total. The van der Waals surface area contributed by atoms with Crippen LogP contribution in [-0.4, -0.2) is 29.3 Å². The van der Waals surface area contributed by atoms with E-state index in [1.807, 2.05) is 20.8 Å². The van der Waals surface area contributed by atoms with Crippen LogP contribution in [0.25, 0.3) is 0 Å². The Bertz CT molecular complexity index is 1070. The van der Waals surface area contributed by atoms with Gasteiger partial charge in [-0.15, -0.1) is 0 Å². The van der Waals surface area contributed by atoms with Gasteiger partial charge in [0.2, 0.25) is 0 Å². The molecule has 0 radical (unpaired) electrons. The summed E-state index contributed by atoms with van der Waals surface area (Å²) in [5.74, 6) is -0.685. The van der Waals surface area contributed by atoms with Crippen molar-refractivity contribution in [2.75, 3.05) is 0 Å². The minimum atomic E-state index is -4.05. The molecule has 3 rings (SSSR count). The van der Waals surface area contributed by atoms with Gasteiger partial charge in [0.15, 0.2) is 0 Å². The van der Waals surface area contributed by atoms with E-state index in [1.54, 1.807) is 24.7 Å². The normalized spacial score (nSPS) is 11.4. The zero-order valence-corrected chi connectivity index (χ0v) is 16.1. The van der Waals surface area contributed by atoms with Crippen molar-refractivity contribution in [3.8, 4) is 0 Å². The van der Waals surface area contributed by atoms with Crippen LogP contribution in [0.4, 0.5) is 0 Å². The topological polar surface area (TPSA) is 105 Å². The van der Waals surface area contributed by atoms with Crippen molar-refractivity contribution >= 4 is 15.9 Å². The molecule has 2 heterocycles. The summed E-state index contributed by atoms with van der Waals surface area (Å²) in [6.07, 6.45) is 6.57. The highest BCUT2D eigenvalue weighted by Gasteiger charge is 2.24. The summed E-state index contributed by atoms with van der Waals surface area (Å²) < 4.78 is 27.9. The third kappa shape index (κ3) is 4.06. The predicted molar refractivity (Wildman–Crippen MR) is 101 cm³/mol. The first-order chi connectivity index (χ1) is 12.8. The Kier molecular flexibility index (Phi) is 5.09. The Labute approximate surface area is 157 Å². The van der Waals surface area contributed by atoms with Gasteiger partial charge in [0.05, 0.1) is 21.8 Å². The Morgan fingerprint density at radius 1 is 1.11 bits per heavy atom. The van der Waals surface area contributed by atoms with Crippen LogP contribution in [0, 0.1) is 20.8 Å². The Hall–Kier alpha value is -3.00. The quantitative estimate of drug-likeness (QED) is 0.703. The molecule has 0 fully saturated rings. The van der Waals surface area contributed by atoms with Crippen LogP contribution in [-0.2, 0) is 16.4 Å². The molecule has 0 atom stereocenters. The molecule has 1 aromatic carbocycles. The zero-order chi connectivity index (χ0) is 19.6. The van der Waals surface area contributed by atoms with Crippen molar-refractivity contribution in [2.45, 2.75) is 32.1 Å². The van der Waals surface area contributed by atoms with Crippen LogP contribution < -0.4 is 4.72 Å². The van der Waals surface area contributed by atoms with Crippen molar-refractivity contribution in [3.05, 3.63) is 76.6 Å². The zero-order valence-electron chi connectivity index (χ0n) is 15.3. The molecule has 0 saturated carbocycles. The summed E-state index contributed by atoms with van der Waals surface area (Å²) >= 11 is 0. The number of H-pyrrole nitrogens is 1. The first-order valence-corrected chi connectivity index (χ1v) is 9.83. The predicted octanol–water partition coefficient (Wildman–Crippen LogP) is 2.44. The van der Waals surface area contributed by atoms with Gasteiger partial charge in [-0.3, -0.25) is 14.8 Å². The lowest BCUT2D eigenvalue weighted by Gasteiger charge is -2.15. The van der Waals surface area contributed by atoms with E-state index in [1.165, 1.54) is 18.3 Å². The standard InChI is InChI=1S/C19H20N4O3S/c1-12-4-5-18(27(25,26)23-19(24)15-6-7-20-10-15)17(14(12)3)8-16-11-21-13(2)9-22-16/h4-7,9-11,20H,8H2,1-3H3,(H,23,24). The Balaban J connectivity index is 2.00. The molecule has 1 amide bonds. The summed E-state index contributed by atoms with van der Waals surface area (Å²) in [5.41, 5.74) is 4.08. The molecule has 8 heteroatoms. The fourth-order valence-electron chi connectivity index (χ4n) is 2.71. The third-order valence-corrected chi connectivity index (χ3v) is 5.81. The highest BCUT2D eigenvalue weighted by molar-refractivity contribution is 7.90. The van der Waals surface area contributed by atoms with Crippen LogP contribution in [0.3, 0.4) is 0 Å². The number of nitrogens with zero attached hydrogens (tertiary/aromatic N) is 2. The monoisotopic (exact) mass is 384 g/mol. The lowest BCUT2D eigenvalue weighted by atomic mass is 10.00. The van der Waals surface area contributed by atoms with Gasteiger partial charge in [-0.2, -0.15) is 0 Å². The van der Waals surface area contributed by atoms with Crippen LogP contribution >= 0.6 is 0 Å². The number of benzene rings is 1. The largest absolute Gasteiger partial charge is 0.367 e. The van der Waals surface area contributed by atoms with Crippen LogP contribution in [0.1, 0.15) is 38.4 Å². The second kappa shape index (κ2) is 7.32. The molecule has 140 valence electrons. The summed E-state index contributed by atoms with van der Waals surface area (Å²) in [7, 11) is -4.05. The summed E-state index contributed by atoms with van der Waals surface area (Å²) in [6.45, 7) is 5.61. The van der Waals surface area contributed by atoms with Gasteiger partial charge in [-0.1, -0.05) is 6.07 Å². The molecule has 0 aliphatic heterocycles. The van der Waals surface area contributed by atoms with E-state index in [0.717, 1.165) is 16.8 Å². The lowest BCUT2D eigenvalue weighted by molar-refractivity contribution is 0.0981. The highest BCUT2D eigenvalue weighted by Crippen LogP contribution is 2.25. The molecule has 0 spiro atoms. The van der Waals surface area contributed by atoms with E-state index in [2.05, 4.69) is 19.7 Å². The van der Waals surface area contributed by atoms with Crippen molar-refractivity contribution in [3.63, 3.8) is 0 Å². The summed E-state index contributed by atoms with van der Waals surface area (Å²) in [5, 5.41) is 0. The van der Waals surface area contributed by atoms with E-state index >= 15 is 0 Å². The summed E-state index contributed by atoms with van der Waals surface area (Å²) in [4.78, 5) is 23.6. The number of hydrogen-bond acceptors (Lipinski definition) is 5. The maximum absolute atomic E-state index is 12.9. The van der Waals surface area contributed by atoms with Crippen LogP contribution in [0.5, 0.6) is 0 Å². The second-order valence-corrected chi connectivity index (χ2v) is 8.00. The molecule has 3 aromatic rings. The van der Waals surface area contributed by atoms with Gasteiger partial charge >= 0.3 is 0 Å². The highest BCUT2D eigenvalue weighted by atomic mass is 32.2. The smallest absolute Gasteiger partial charge is 0.266 e. The molecule has 0 unspecified atom stereocenters. The number of aromatic nitrogens is 3. The van der Waals surface area contributed by atoms with Gasteiger partial charge < -0.3 is 4.98 Å². The number of carbonyl (C=O) groups is 1. The van der Waals surface area contributed by atoms with Crippen molar-refractivity contribution < 1.29 is 13.2 Å². The average Bonchev–Trinajstić information content (AvgIpc) is 3.15. The minimum absolute atomic E-state index is 0.0665. The fraction of sp³-hybridized carbons (Fsp3) is 0.211. The van der Waals surface area contributed by atoms with E-state index in [4.69, 9.17) is 0 Å². The van der Waals surface area contributed by atoms with Gasteiger partial charge in [0.25, 0.3) is 15.9 Å². The number of hydrogen-bond donors (Lipinski definition) is 2. The molecular formula is C19H20N4O3S. The molecule has 2 aromatic heterocycles. The van der Waals surface area contributed by atoms with E-state index in [-0.39, 0.29) is 10.5 Å². The lowest BCUT2D eigenvalue weighted by Crippen LogP contribution is -2.31. The number of nitrogens with one attached hydrogen (secondary N) is 2. The molecule has 2 N–H and O–H groups in total. The van der Waals surface area contributed by atoms with Crippen LogP contribution in [0.2, 0.25) is 0 Å².